The average Bonchev–Trinajstić information content (AvgIpc) is 3.28. The van der Waals surface area contributed by atoms with Gasteiger partial charge in [-0.15, -0.1) is 11.8 Å². The molecular weight excluding hydrogens is 494 g/mol. The highest BCUT2D eigenvalue weighted by molar-refractivity contribution is 8.00. The van der Waals surface area contributed by atoms with Gasteiger partial charge in [-0.05, 0) is 67.6 Å². The summed E-state index contributed by atoms with van der Waals surface area (Å²) in [5, 5.41) is 1.10. The molecule has 9 heteroatoms. The Kier molecular flexibility index (Phi) is 7.43. The van der Waals surface area contributed by atoms with Crippen LogP contribution in [0.3, 0.4) is 0 Å². The van der Waals surface area contributed by atoms with Crippen LogP contribution in [-0.2, 0) is 11.2 Å². The van der Waals surface area contributed by atoms with E-state index in [9.17, 15) is 13.6 Å². The fourth-order valence-corrected chi connectivity index (χ4v) is 5.81. The molecule has 1 aliphatic rings. The first-order valence-electron chi connectivity index (χ1n) is 12.2. The van der Waals surface area contributed by atoms with Crippen molar-refractivity contribution in [2.45, 2.75) is 42.4 Å². The van der Waals surface area contributed by atoms with Crippen LogP contribution in [0.1, 0.15) is 24.0 Å². The second-order valence-electron chi connectivity index (χ2n) is 9.26. The molecule has 5 rings (SSSR count). The maximum absolute atomic E-state index is 14.9. The summed E-state index contributed by atoms with van der Waals surface area (Å²) in [5.41, 5.74) is 7.90. The fourth-order valence-electron chi connectivity index (χ4n) is 4.67. The molecule has 0 bridgehead atoms. The number of aromatic amines is 1. The van der Waals surface area contributed by atoms with Gasteiger partial charge in [0.05, 0.1) is 11.4 Å². The number of hydrogen-bond donors (Lipinski definition) is 2. The summed E-state index contributed by atoms with van der Waals surface area (Å²) in [4.78, 5) is 23.1. The van der Waals surface area contributed by atoms with Crippen LogP contribution in [0.25, 0.3) is 11.0 Å². The van der Waals surface area contributed by atoms with Gasteiger partial charge in [0.15, 0.2) is 17.4 Å². The molecule has 6 nitrogen and oxygen atoms in total. The lowest BCUT2D eigenvalue weighted by atomic mass is 10.0. The molecule has 3 N–H and O–H groups in total. The molecule has 1 atom stereocenters. The number of nitrogens with zero attached hydrogens (tertiary/aromatic N) is 2. The molecular formula is C28H28F2N4O2S. The van der Waals surface area contributed by atoms with Crippen LogP contribution < -0.4 is 10.5 Å². The third kappa shape index (κ3) is 5.62. The number of aryl methyl sites for hydroxylation is 1. The van der Waals surface area contributed by atoms with E-state index < -0.39 is 23.4 Å². The first kappa shape index (κ1) is 25.2. The van der Waals surface area contributed by atoms with Crippen LogP contribution in [0.5, 0.6) is 11.5 Å². The summed E-state index contributed by atoms with van der Waals surface area (Å²) < 4.78 is 35.5. The predicted octanol–water partition coefficient (Wildman–Crippen LogP) is 5.59. The minimum absolute atomic E-state index is 0.0298. The number of nitrogens with two attached hydrogens (primary N) is 1. The molecule has 0 aliphatic carbocycles. The van der Waals surface area contributed by atoms with Gasteiger partial charge in [-0.25, -0.2) is 13.8 Å². The lowest BCUT2D eigenvalue weighted by Crippen LogP contribution is -2.48. The van der Waals surface area contributed by atoms with Crippen LogP contribution in [0, 0.1) is 18.6 Å². The summed E-state index contributed by atoms with van der Waals surface area (Å²) in [6, 6.07) is 13.2. The zero-order valence-electron chi connectivity index (χ0n) is 20.4. The fraction of sp³-hybridized carbons (Fsp3) is 0.286. The van der Waals surface area contributed by atoms with Gasteiger partial charge in [0.2, 0.25) is 5.91 Å². The van der Waals surface area contributed by atoms with Gasteiger partial charge in [0.1, 0.15) is 11.4 Å². The molecule has 192 valence electrons. The molecule has 1 unspecified atom stereocenters. The number of fused-ring (bicyclic) bond motifs is 1. The van der Waals surface area contributed by atoms with Gasteiger partial charge in [0.25, 0.3) is 0 Å². The number of amides is 1. The van der Waals surface area contributed by atoms with Crippen LogP contribution in [0.15, 0.2) is 65.8 Å². The number of pyridine rings is 1. The van der Waals surface area contributed by atoms with Gasteiger partial charge in [0, 0.05) is 35.6 Å². The highest BCUT2D eigenvalue weighted by Gasteiger charge is 2.27. The Bertz CT molecular complexity index is 1380. The minimum atomic E-state index is -0.883. The number of nitrogens with one attached hydrogen (secondary N) is 1. The average molecular weight is 523 g/mol. The van der Waals surface area contributed by atoms with Crippen molar-refractivity contribution in [2.24, 2.45) is 5.73 Å². The number of ether oxygens (including phenoxy) is 1. The Morgan fingerprint density at radius 1 is 1.19 bits per heavy atom. The van der Waals surface area contributed by atoms with Crippen molar-refractivity contribution in [3.05, 3.63) is 83.7 Å². The Balaban J connectivity index is 1.21. The molecule has 0 spiro atoms. The minimum Gasteiger partial charge on any atom is -0.450 e. The number of likely N-dealkylation sites (tertiary alicyclic amines) is 1. The number of thioether (sulfide) groups is 1. The molecule has 4 aromatic rings. The second-order valence-corrected chi connectivity index (χ2v) is 10.6. The molecule has 37 heavy (non-hydrogen) atoms. The van der Waals surface area contributed by atoms with Crippen molar-refractivity contribution >= 4 is 28.7 Å². The molecule has 0 radical (unpaired) electrons. The lowest BCUT2D eigenvalue weighted by molar-refractivity contribution is -0.133. The molecule has 1 amide bonds. The zero-order chi connectivity index (χ0) is 25.9. The zero-order valence-corrected chi connectivity index (χ0v) is 21.2. The number of benzene rings is 2. The number of carbonyl (C=O) groups is 1. The van der Waals surface area contributed by atoms with Crippen LogP contribution >= 0.6 is 11.8 Å². The largest absolute Gasteiger partial charge is 0.450 e. The summed E-state index contributed by atoms with van der Waals surface area (Å²) in [5.74, 6) is -2.12. The van der Waals surface area contributed by atoms with E-state index in [1.54, 1.807) is 17.2 Å². The maximum atomic E-state index is 14.9. The van der Waals surface area contributed by atoms with Gasteiger partial charge in [-0.3, -0.25) is 4.79 Å². The summed E-state index contributed by atoms with van der Waals surface area (Å²) >= 11 is 1.83. The highest BCUT2D eigenvalue weighted by atomic mass is 32.2. The summed E-state index contributed by atoms with van der Waals surface area (Å²) in [7, 11) is 0. The summed E-state index contributed by atoms with van der Waals surface area (Å²) in [6.07, 6.45) is 5.03. The standard InChI is InChI=1S/C28H28F2N4O2S/c1-17-16-33-27-25(17)24(7-10-32-27)36-26-21(29)13-18(14-22(26)30)15-23(31)28(35)34-11-8-20(9-12-34)37-19-5-3-2-4-6-19/h2-7,10,13-14,16,20,23H,8-9,11-12,15,31H2,1H3,(H,32,33). The number of rotatable bonds is 7. The van der Waals surface area contributed by atoms with E-state index in [1.165, 1.54) is 23.2 Å². The number of H-pyrrole nitrogens is 1. The smallest absolute Gasteiger partial charge is 0.239 e. The Morgan fingerprint density at radius 2 is 1.89 bits per heavy atom. The lowest BCUT2D eigenvalue weighted by Gasteiger charge is -2.33. The van der Waals surface area contributed by atoms with Crippen molar-refractivity contribution in [3.8, 4) is 11.5 Å². The topological polar surface area (TPSA) is 84.2 Å². The maximum Gasteiger partial charge on any atom is 0.239 e. The number of piperidine rings is 1. The van der Waals surface area contributed by atoms with Crippen molar-refractivity contribution in [3.63, 3.8) is 0 Å². The third-order valence-electron chi connectivity index (χ3n) is 6.57. The SMILES string of the molecule is Cc1c[nH]c2nccc(Oc3c(F)cc(CC(N)C(=O)N4CCC(Sc5ccccc5)CC4)cc3F)c12. The normalized spacial score (nSPS) is 15.2. The van der Waals surface area contributed by atoms with Gasteiger partial charge < -0.3 is 20.4 Å². The molecule has 2 aromatic carbocycles. The number of hydrogen-bond acceptors (Lipinski definition) is 5. The second kappa shape index (κ2) is 10.9. The van der Waals surface area contributed by atoms with Crippen molar-refractivity contribution in [1.29, 1.82) is 0 Å². The molecule has 3 heterocycles. The first-order chi connectivity index (χ1) is 17.9. The van der Waals surface area contributed by atoms with Crippen LogP contribution in [0.4, 0.5) is 8.78 Å². The van der Waals surface area contributed by atoms with E-state index in [2.05, 4.69) is 22.1 Å². The van der Waals surface area contributed by atoms with E-state index in [0.717, 1.165) is 18.4 Å². The highest BCUT2D eigenvalue weighted by Crippen LogP contribution is 2.34. The quantitative estimate of drug-likeness (QED) is 0.330. The Hall–Kier alpha value is -3.43. The van der Waals surface area contributed by atoms with E-state index in [4.69, 9.17) is 10.5 Å². The van der Waals surface area contributed by atoms with E-state index in [-0.39, 0.29) is 12.3 Å². The molecule has 1 saturated heterocycles. The van der Waals surface area contributed by atoms with Crippen molar-refractivity contribution in [1.82, 2.24) is 14.9 Å². The van der Waals surface area contributed by atoms with E-state index in [1.807, 2.05) is 36.9 Å². The van der Waals surface area contributed by atoms with Gasteiger partial charge >= 0.3 is 0 Å². The Morgan fingerprint density at radius 3 is 2.59 bits per heavy atom. The molecule has 1 aliphatic heterocycles. The van der Waals surface area contributed by atoms with Gasteiger partial charge in [-0.2, -0.15) is 0 Å². The van der Waals surface area contributed by atoms with Crippen molar-refractivity contribution in [2.75, 3.05) is 13.1 Å². The summed E-state index contributed by atoms with van der Waals surface area (Å²) in [6.45, 7) is 3.09. The predicted molar refractivity (Wildman–Crippen MR) is 141 cm³/mol. The molecule has 2 aromatic heterocycles. The number of halogens is 2. The Labute approximate surface area is 218 Å². The molecule has 1 fully saturated rings. The first-order valence-corrected chi connectivity index (χ1v) is 13.1. The number of carbonyl (C=O) groups excluding carboxylic acids is 1. The van der Waals surface area contributed by atoms with E-state index >= 15 is 0 Å². The van der Waals surface area contributed by atoms with Crippen molar-refractivity contribution < 1.29 is 18.3 Å². The van der Waals surface area contributed by atoms with Gasteiger partial charge in [-0.1, -0.05) is 18.2 Å². The third-order valence-corrected chi connectivity index (χ3v) is 7.92. The van der Waals surface area contributed by atoms with Crippen LogP contribution in [-0.4, -0.2) is 45.2 Å². The monoisotopic (exact) mass is 522 g/mol. The van der Waals surface area contributed by atoms with E-state index in [0.29, 0.717) is 40.7 Å². The number of aromatic nitrogens is 2. The van der Waals surface area contributed by atoms with Crippen LogP contribution in [0.2, 0.25) is 0 Å². The molecule has 0 saturated carbocycles.